The van der Waals surface area contributed by atoms with Crippen molar-refractivity contribution in [2.75, 3.05) is 13.1 Å². The first kappa shape index (κ1) is 23.3. The molecule has 1 N–H and O–H groups in total. The zero-order valence-corrected chi connectivity index (χ0v) is 20.1. The van der Waals surface area contributed by atoms with E-state index < -0.39 is 0 Å². The molecule has 5 heteroatoms. The molecule has 0 spiro atoms. The van der Waals surface area contributed by atoms with Crippen molar-refractivity contribution in [1.82, 2.24) is 10.2 Å². The van der Waals surface area contributed by atoms with Gasteiger partial charge in [-0.15, -0.1) is 0 Å². The summed E-state index contributed by atoms with van der Waals surface area (Å²) in [6.45, 7) is 4.71. The largest absolute Gasteiger partial charge is 0.340 e. The number of piperidine rings is 1. The van der Waals surface area contributed by atoms with Crippen molar-refractivity contribution in [2.24, 2.45) is 0 Å². The second-order valence-electron chi connectivity index (χ2n) is 8.47. The zero-order chi connectivity index (χ0) is 24.1. The fourth-order valence-electron chi connectivity index (χ4n) is 3.75. The van der Waals surface area contributed by atoms with Crippen molar-refractivity contribution in [3.05, 3.63) is 118 Å². The van der Waals surface area contributed by atoms with E-state index in [9.17, 15) is 9.59 Å². The number of hydrogen-bond acceptors (Lipinski definition) is 3. The molecule has 0 saturated carbocycles. The van der Waals surface area contributed by atoms with Crippen LogP contribution in [0.25, 0.3) is 12.2 Å². The standard InChI is InChI=1S/C29H26N2O2S/c1-20-8-12-22(13-9-20)16-25-18-31(29(34)30-28(33)24-6-4-3-5-7-24)19-26(27(25)32)17-23-14-10-21(2)11-15-23/h3-17H,18-19H2,1-2H3,(H,30,33,34)/b25-16+,26-17+. The van der Waals surface area contributed by atoms with Crippen LogP contribution in [0.4, 0.5) is 0 Å². The summed E-state index contributed by atoms with van der Waals surface area (Å²) in [5.74, 6) is -0.273. The van der Waals surface area contributed by atoms with E-state index in [1.54, 1.807) is 12.1 Å². The summed E-state index contributed by atoms with van der Waals surface area (Å²) in [5, 5.41) is 3.11. The number of thiocarbonyl (C=S) groups is 1. The summed E-state index contributed by atoms with van der Waals surface area (Å²) in [4.78, 5) is 27.9. The summed E-state index contributed by atoms with van der Waals surface area (Å²) in [6, 6.07) is 25.0. The van der Waals surface area contributed by atoms with Crippen LogP contribution < -0.4 is 5.32 Å². The van der Waals surface area contributed by atoms with Crippen molar-refractivity contribution in [3.63, 3.8) is 0 Å². The number of aryl methyl sites for hydroxylation is 2. The van der Waals surface area contributed by atoms with Crippen LogP contribution in [0, 0.1) is 13.8 Å². The van der Waals surface area contributed by atoms with Crippen molar-refractivity contribution >= 4 is 41.2 Å². The van der Waals surface area contributed by atoms with E-state index in [1.165, 1.54) is 0 Å². The van der Waals surface area contributed by atoms with E-state index in [0.717, 1.165) is 22.3 Å². The zero-order valence-electron chi connectivity index (χ0n) is 19.2. The molecule has 4 nitrogen and oxygen atoms in total. The Balaban J connectivity index is 1.63. The molecule has 3 aromatic rings. The lowest BCUT2D eigenvalue weighted by Crippen LogP contribution is -2.48. The van der Waals surface area contributed by atoms with Gasteiger partial charge in [-0.25, -0.2) is 0 Å². The van der Waals surface area contributed by atoms with Crippen LogP contribution in [0.15, 0.2) is 90.0 Å². The predicted molar refractivity (Wildman–Crippen MR) is 141 cm³/mol. The van der Waals surface area contributed by atoms with Gasteiger partial charge in [-0.1, -0.05) is 77.9 Å². The number of ketones is 1. The molecule has 1 heterocycles. The number of benzene rings is 3. The van der Waals surface area contributed by atoms with E-state index in [4.69, 9.17) is 12.2 Å². The Hall–Kier alpha value is -3.83. The molecule has 1 saturated heterocycles. The number of likely N-dealkylation sites (tertiary alicyclic amines) is 1. The first-order valence-corrected chi connectivity index (χ1v) is 11.5. The third-order valence-electron chi connectivity index (χ3n) is 5.69. The number of carbonyl (C=O) groups excluding carboxylic acids is 2. The highest BCUT2D eigenvalue weighted by molar-refractivity contribution is 7.80. The Kier molecular flexibility index (Phi) is 7.14. The lowest BCUT2D eigenvalue weighted by Gasteiger charge is -2.31. The van der Waals surface area contributed by atoms with E-state index in [1.807, 2.05) is 97.6 Å². The molecule has 170 valence electrons. The molecular weight excluding hydrogens is 440 g/mol. The fourth-order valence-corrected chi connectivity index (χ4v) is 3.97. The van der Waals surface area contributed by atoms with Gasteiger partial charge in [0.2, 0.25) is 0 Å². The molecule has 1 aliphatic rings. The first-order chi connectivity index (χ1) is 16.4. The molecule has 3 aromatic carbocycles. The number of rotatable bonds is 3. The predicted octanol–water partition coefficient (Wildman–Crippen LogP) is 5.37. The molecule has 0 radical (unpaired) electrons. The topological polar surface area (TPSA) is 49.4 Å². The second kappa shape index (κ2) is 10.4. The highest BCUT2D eigenvalue weighted by Gasteiger charge is 2.28. The van der Waals surface area contributed by atoms with E-state index in [0.29, 0.717) is 34.9 Å². The average Bonchev–Trinajstić information content (AvgIpc) is 2.84. The van der Waals surface area contributed by atoms with E-state index >= 15 is 0 Å². The lowest BCUT2D eigenvalue weighted by molar-refractivity contribution is -0.113. The molecule has 1 fully saturated rings. The molecule has 0 aromatic heterocycles. The third kappa shape index (κ3) is 5.74. The van der Waals surface area contributed by atoms with Crippen LogP contribution in [0.2, 0.25) is 0 Å². The molecule has 0 atom stereocenters. The smallest absolute Gasteiger partial charge is 0.257 e. The van der Waals surface area contributed by atoms with Crippen molar-refractivity contribution in [1.29, 1.82) is 0 Å². The van der Waals surface area contributed by atoms with Crippen LogP contribution in [-0.2, 0) is 4.79 Å². The molecule has 0 aliphatic carbocycles. The Morgan fingerprint density at radius 3 is 1.74 bits per heavy atom. The van der Waals surface area contributed by atoms with Gasteiger partial charge in [-0.05, 0) is 61.5 Å². The number of nitrogens with zero attached hydrogens (tertiary/aromatic N) is 1. The highest BCUT2D eigenvalue weighted by Crippen LogP contribution is 2.23. The molecule has 0 unspecified atom stereocenters. The van der Waals surface area contributed by atoms with Crippen LogP contribution >= 0.6 is 12.2 Å². The average molecular weight is 467 g/mol. The molecule has 34 heavy (non-hydrogen) atoms. The monoisotopic (exact) mass is 466 g/mol. The van der Waals surface area contributed by atoms with Crippen molar-refractivity contribution in [3.8, 4) is 0 Å². The minimum Gasteiger partial charge on any atom is -0.340 e. The summed E-state index contributed by atoms with van der Waals surface area (Å²) >= 11 is 5.59. The molecule has 1 amide bonds. The van der Waals surface area contributed by atoms with Crippen LogP contribution in [-0.4, -0.2) is 34.8 Å². The van der Waals surface area contributed by atoms with E-state index in [-0.39, 0.29) is 11.7 Å². The van der Waals surface area contributed by atoms with Crippen LogP contribution in [0.1, 0.15) is 32.6 Å². The summed E-state index contributed by atoms with van der Waals surface area (Å²) in [5.41, 5.74) is 6.00. The van der Waals surface area contributed by atoms with Gasteiger partial charge in [-0.3, -0.25) is 14.9 Å². The number of Topliss-reactive ketones (excluding diaryl/α,β-unsaturated/α-hetero) is 1. The maximum Gasteiger partial charge on any atom is 0.257 e. The van der Waals surface area contributed by atoms with Crippen LogP contribution in [0.5, 0.6) is 0 Å². The van der Waals surface area contributed by atoms with Gasteiger partial charge in [0.05, 0.1) is 0 Å². The second-order valence-corrected chi connectivity index (χ2v) is 8.86. The van der Waals surface area contributed by atoms with Crippen molar-refractivity contribution in [2.45, 2.75) is 13.8 Å². The van der Waals surface area contributed by atoms with Crippen molar-refractivity contribution < 1.29 is 9.59 Å². The summed E-state index contributed by atoms with van der Waals surface area (Å²) < 4.78 is 0. The summed E-state index contributed by atoms with van der Waals surface area (Å²) in [7, 11) is 0. The molecule has 4 rings (SSSR count). The van der Waals surface area contributed by atoms with Gasteiger partial charge in [0.25, 0.3) is 5.91 Å². The Bertz CT molecular complexity index is 1210. The highest BCUT2D eigenvalue weighted by atomic mass is 32.1. The first-order valence-electron chi connectivity index (χ1n) is 11.1. The molecule has 1 aliphatic heterocycles. The molecule has 0 bridgehead atoms. The number of hydrogen-bond donors (Lipinski definition) is 1. The van der Waals surface area contributed by atoms with E-state index in [2.05, 4.69) is 5.32 Å². The number of amides is 1. The minimum atomic E-state index is -0.268. The van der Waals surface area contributed by atoms with Gasteiger partial charge in [0.1, 0.15) is 0 Å². The van der Waals surface area contributed by atoms with Gasteiger partial charge < -0.3 is 4.90 Å². The SMILES string of the molecule is Cc1ccc(/C=C2\CN(C(=S)NC(=O)c3ccccc3)C/C(=C\c3ccc(C)cc3)C2=O)cc1. The quantitative estimate of drug-likeness (QED) is 0.417. The molecular formula is C29H26N2O2S. The van der Waals surface area contributed by atoms with Gasteiger partial charge in [-0.2, -0.15) is 0 Å². The number of carbonyl (C=O) groups is 2. The summed E-state index contributed by atoms with van der Waals surface area (Å²) in [6.07, 6.45) is 3.80. The van der Waals surface area contributed by atoms with Gasteiger partial charge in [0.15, 0.2) is 10.9 Å². The minimum absolute atomic E-state index is 0.00501. The normalized spacial score (nSPS) is 16.1. The Morgan fingerprint density at radius 1 is 0.794 bits per heavy atom. The number of nitrogens with one attached hydrogen (secondary N) is 1. The third-order valence-corrected chi connectivity index (χ3v) is 6.05. The Labute approximate surface area is 205 Å². The lowest BCUT2D eigenvalue weighted by atomic mass is 9.94. The fraction of sp³-hybridized carbons (Fsp3) is 0.138. The maximum atomic E-state index is 13.4. The van der Waals surface area contributed by atoms with Gasteiger partial charge in [0, 0.05) is 29.8 Å². The maximum absolute atomic E-state index is 13.4. The van der Waals surface area contributed by atoms with Gasteiger partial charge >= 0.3 is 0 Å². The Morgan fingerprint density at radius 2 is 1.26 bits per heavy atom. The van der Waals surface area contributed by atoms with Crippen LogP contribution in [0.3, 0.4) is 0 Å².